The van der Waals surface area contributed by atoms with Crippen LogP contribution >= 0.6 is 22.9 Å². The maximum Gasteiger partial charge on any atom is 0.135 e. The number of hydrogen-bond donors (Lipinski definition) is 2. The fourth-order valence-corrected chi connectivity index (χ4v) is 2.93. The van der Waals surface area contributed by atoms with Crippen LogP contribution in [-0.4, -0.2) is 17.0 Å². The van der Waals surface area contributed by atoms with Crippen molar-refractivity contribution < 1.29 is 0 Å². The molecule has 4 nitrogen and oxygen atoms in total. The third kappa shape index (κ3) is 3.36. The Morgan fingerprint density at radius 1 is 1.26 bits per heavy atom. The van der Waals surface area contributed by atoms with E-state index in [0.717, 1.165) is 28.1 Å². The number of hydrogen-bond acceptors (Lipinski definition) is 5. The highest BCUT2D eigenvalue weighted by Crippen LogP contribution is 2.29. The molecule has 0 fully saturated rings. The van der Waals surface area contributed by atoms with Gasteiger partial charge in [-0.1, -0.05) is 25.4 Å². The molecule has 0 amide bonds. The molecule has 2 aromatic rings. The second-order valence-electron chi connectivity index (χ2n) is 4.45. The Balaban J connectivity index is 2.19. The van der Waals surface area contributed by atoms with Gasteiger partial charge in [-0.2, -0.15) is 0 Å². The van der Waals surface area contributed by atoms with Crippen LogP contribution in [0.2, 0.25) is 4.34 Å². The summed E-state index contributed by atoms with van der Waals surface area (Å²) in [6, 6.07) is 3.93. The van der Waals surface area contributed by atoms with Gasteiger partial charge in [-0.15, -0.1) is 11.3 Å². The van der Waals surface area contributed by atoms with E-state index in [4.69, 9.17) is 11.6 Å². The zero-order valence-corrected chi connectivity index (χ0v) is 12.8. The van der Waals surface area contributed by atoms with E-state index in [1.54, 1.807) is 17.7 Å². The molecule has 0 radical (unpaired) electrons. The highest BCUT2D eigenvalue weighted by atomic mass is 35.5. The molecule has 19 heavy (non-hydrogen) atoms. The van der Waals surface area contributed by atoms with E-state index in [2.05, 4.69) is 34.4 Å². The molecule has 0 saturated heterocycles. The minimum atomic E-state index is 0.345. The molecule has 6 heteroatoms. The van der Waals surface area contributed by atoms with Gasteiger partial charge in [0.05, 0.1) is 10.9 Å². The normalized spacial score (nSPS) is 10.8. The molecule has 0 bridgehead atoms. The molecule has 102 valence electrons. The van der Waals surface area contributed by atoms with Crippen LogP contribution in [0.1, 0.15) is 30.2 Å². The van der Waals surface area contributed by atoms with Crippen LogP contribution in [0.4, 0.5) is 11.6 Å². The Bertz CT molecular complexity index is 553. The zero-order chi connectivity index (χ0) is 13.8. The molecule has 0 aliphatic carbocycles. The van der Waals surface area contributed by atoms with Crippen molar-refractivity contribution in [2.45, 2.75) is 26.3 Å². The van der Waals surface area contributed by atoms with Crippen LogP contribution in [0.3, 0.4) is 0 Å². The molecule has 0 saturated carbocycles. The summed E-state index contributed by atoms with van der Waals surface area (Å²) in [5.74, 6) is 2.09. The summed E-state index contributed by atoms with van der Waals surface area (Å²) in [6.45, 7) is 4.98. The summed E-state index contributed by atoms with van der Waals surface area (Å²) in [4.78, 5) is 9.78. The van der Waals surface area contributed by atoms with Crippen molar-refractivity contribution in [3.05, 3.63) is 33.2 Å². The van der Waals surface area contributed by atoms with Gasteiger partial charge in [0, 0.05) is 17.5 Å². The number of halogens is 1. The molecule has 0 aliphatic heterocycles. The van der Waals surface area contributed by atoms with Crippen LogP contribution in [0, 0.1) is 0 Å². The Morgan fingerprint density at radius 2 is 2.00 bits per heavy atom. The summed E-state index contributed by atoms with van der Waals surface area (Å²) in [7, 11) is 1.87. The second kappa shape index (κ2) is 6.21. The van der Waals surface area contributed by atoms with Gasteiger partial charge in [0.1, 0.15) is 18.0 Å². The van der Waals surface area contributed by atoms with Gasteiger partial charge in [0.25, 0.3) is 0 Å². The van der Waals surface area contributed by atoms with Crippen LogP contribution in [0.5, 0.6) is 0 Å². The predicted octanol–water partition coefficient (Wildman–Crippen LogP) is 3.97. The molecule has 2 N–H and O–H groups in total. The minimum absolute atomic E-state index is 0.345. The lowest BCUT2D eigenvalue weighted by Crippen LogP contribution is -2.09. The van der Waals surface area contributed by atoms with Gasteiger partial charge in [0.2, 0.25) is 0 Å². The maximum atomic E-state index is 5.93. The minimum Gasteiger partial charge on any atom is -0.373 e. The molecule has 0 spiro atoms. The van der Waals surface area contributed by atoms with Crippen LogP contribution in [0.15, 0.2) is 18.5 Å². The topological polar surface area (TPSA) is 49.8 Å². The van der Waals surface area contributed by atoms with E-state index < -0.39 is 0 Å². The molecule has 2 rings (SSSR count). The van der Waals surface area contributed by atoms with Crippen molar-refractivity contribution in [3.63, 3.8) is 0 Å². The van der Waals surface area contributed by atoms with Crippen molar-refractivity contribution >= 4 is 34.6 Å². The van der Waals surface area contributed by atoms with Crippen molar-refractivity contribution in [2.75, 3.05) is 17.7 Å². The Kier molecular flexibility index (Phi) is 4.61. The van der Waals surface area contributed by atoms with E-state index in [1.807, 2.05) is 19.2 Å². The standard InChI is InChI=1S/C13H17ClN4S/c1-8(2)11-12(15-3)17-7-18-13(11)16-6-9-4-5-10(14)19-9/h4-5,7-8H,6H2,1-3H3,(H2,15,16,17,18). The molecule has 0 aliphatic rings. The van der Waals surface area contributed by atoms with Gasteiger partial charge in [0.15, 0.2) is 0 Å². The fraction of sp³-hybridized carbons (Fsp3) is 0.385. The van der Waals surface area contributed by atoms with Crippen LogP contribution < -0.4 is 10.6 Å². The summed E-state index contributed by atoms with van der Waals surface area (Å²) in [6.07, 6.45) is 1.57. The van der Waals surface area contributed by atoms with Crippen molar-refractivity contribution in [1.29, 1.82) is 0 Å². The van der Waals surface area contributed by atoms with E-state index in [9.17, 15) is 0 Å². The van der Waals surface area contributed by atoms with E-state index >= 15 is 0 Å². The number of thiophene rings is 1. The van der Waals surface area contributed by atoms with Crippen molar-refractivity contribution in [1.82, 2.24) is 9.97 Å². The third-order valence-electron chi connectivity index (χ3n) is 2.76. The average molecular weight is 297 g/mol. The van der Waals surface area contributed by atoms with E-state index in [1.165, 1.54) is 4.88 Å². The van der Waals surface area contributed by atoms with Gasteiger partial charge in [-0.05, 0) is 18.1 Å². The quantitative estimate of drug-likeness (QED) is 0.876. The highest BCUT2D eigenvalue weighted by molar-refractivity contribution is 7.16. The first-order chi connectivity index (χ1) is 9.11. The summed E-state index contributed by atoms with van der Waals surface area (Å²) in [5, 5.41) is 6.47. The Morgan fingerprint density at radius 3 is 2.58 bits per heavy atom. The molecule has 0 unspecified atom stereocenters. The average Bonchev–Trinajstić information content (AvgIpc) is 2.81. The first-order valence-electron chi connectivity index (χ1n) is 6.12. The van der Waals surface area contributed by atoms with Crippen molar-refractivity contribution in [2.24, 2.45) is 0 Å². The lowest BCUT2D eigenvalue weighted by atomic mass is 10.0. The number of nitrogens with one attached hydrogen (secondary N) is 2. The molecule has 0 aromatic carbocycles. The van der Waals surface area contributed by atoms with E-state index in [-0.39, 0.29) is 0 Å². The first kappa shape index (κ1) is 14.1. The molecular formula is C13H17ClN4S. The maximum absolute atomic E-state index is 5.93. The summed E-state index contributed by atoms with van der Waals surface area (Å²) < 4.78 is 0.805. The SMILES string of the molecule is CNc1ncnc(NCc2ccc(Cl)s2)c1C(C)C. The lowest BCUT2D eigenvalue weighted by Gasteiger charge is -2.16. The molecule has 2 aromatic heterocycles. The lowest BCUT2D eigenvalue weighted by molar-refractivity contribution is 0.847. The zero-order valence-electron chi connectivity index (χ0n) is 11.2. The first-order valence-corrected chi connectivity index (χ1v) is 7.32. The fourth-order valence-electron chi connectivity index (χ4n) is 1.90. The van der Waals surface area contributed by atoms with Crippen LogP contribution in [0.25, 0.3) is 0 Å². The number of nitrogens with zero attached hydrogens (tertiary/aromatic N) is 2. The summed E-state index contributed by atoms with van der Waals surface area (Å²) >= 11 is 7.50. The number of aromatic nitrogens is 2. The van der Waals surface area contributed by atoms with Crippen LogP contribution in [-0.2, 0) is 6.54 Å². The predicted molar refractivity (Wildman–Crippen MR) is 82.3 cm³/mol. The second-order valence-corrected chi connectivity index (χ2v) is 6.25. The van der Waals surface area contributed by atoms with Gasteiger partial charge < -0.3 is 10.6 Å². The monoisotopic (exact) mass is 296 g/mol. The smallest absolute Gasteiger partial charge is 0.135 e. The molecular weight excluding hydrogens is 280 g/mol. The van der Waals surface area contributed by atoms with Gasteiger partial charge in [-0.3, -0.25) is 0 Å². The summed E-state index contributed by atoms with van der Waals surface area (Å²) in [5.41, 5.74) is 1.10. The number of rotatable bonds is 5. The van der Waals surface area contributed by atoms with E-state index in [0.29, 0.717) is 5.92 Å². The van der Waals surface area contributed by atoms with Gasteiger partial charge in [-0.25, -0.2) is 9.97 Å². The third-order valence-corrected chi connectivity index (χ3v) is 3.99. The Hall–Kier alpha value is -1.33. The highest BCUT2D eigenvalue weighted by Gasteiger charge is 2.14. The number of anilines is 2. The van der Waals surface area contributed by atoms with Crippen molar-refractivity contribution in [3.8, 4) is 0 Å². The molecule has 0 atom stereocenters. The molecule has 2 heterocycles. The Labute approximate surface area is 122 Å². The largest absolute Gasteiger partial charge is 0.373 e. The van der Waals surface area contributed by atoms with Gasteiger partial charge >= 0.3 is 0 Å².